The summed E-state index contributed by atoms with van der Waals surface area (Å²) >= 11 is 1.54. The summed E-state index contributed by atoms with van der Waals surface area (Å²) in [5.74, 6) is 0.102. The molecular formula is C15H14N4O2S. The molecule has 3 rings (SSSR count). The fourth-order valence-electron chi connectivity index (χ4n) is 1.86. The van der Waals surface area contributed by atoms with Crippen LogP contribution in [0.15, 0.2) is 45.5 Å². The van der Waals surface area contributed by atoms with Crippen molar-refractivity contribution >= 4 is 28.9 Å². The van der Waals surface area contributed by atoms with E-state index in [9.17, 15) is 4.79 Å². The Kier molecular flexibility index (Phi) is 3.88. The molecule has 0 fully saturated rings. The molecule has 3 aromatic rings. The third-order valence-corrected chi connectivity index (χ3v) is 3.74. The molecular weight excluding hydrogens is 300 g/mol. The molecule has 1 N–H and O–H groups in total. The largest absolute Gasteiger partial charge is 0.403 e. The standard InChI is InChI=1S/C15H14N4O2S/c1-19(2)12-5-3-10(4-6-12)13(20)16-15-18-17-14(21-15)11-7-8-22-9-11/h3-9H,1-2H3,(H,16,18,20). The highest BCUT2D eigenvalue weighted by atomic mass is 32.1. The van der Waals surface area contributed by atoms with Gasteiger partial charge in [0.1, 0.15) is 0 Å². The van der Waals surface area contributed by atoms with E-state index >= 15 is 0 Å². The third-order valence-electron chi connectivity index (χ3n) is 3.06. The van der Waals surface area contributed by atoms with Gasteiger partial charge < -0.3 is 9.32 Å². The Morgan fingerprint density at radius 2 is 1.95 bits per heavy atom. The molecule has 0 radical (unpaired) electrons. The summed E-state index contributed by atoms with van der Waals surface area (Å²) in [6.07, 6.45) is 0. The zero-order valence-corrected chi connectivity index (χ0v) is 12.9. The number of aromatic nitrogens is 2. The number of thiophene rings is 1. The Labute approximate surface area is 131 Å². The molecule has 7 heteroatoms. The van der Waals surface area contributed by atoms with Crippen LogP contribution in [0, 0.1) is 0 Å². The van der Waals surface area contributed by atoms with Crippen LogP contribution in [-0.2, 0) is 0 Å². The van der Waals surface area contributed by atoms with Crippen molar-refractivity contribution in [2.24, 2.45) is 0 Å². The number of amides is 1. The Hall–Kier alpha value is -2.67. The Balaban J connectivity index is 1.71. The number of benzene rings is 1. The van der Waals surface area contributed by atoms with Crippen molar-refractivity contribution in [1.29, 1.82) is 0 Å². The molecule has 6 nitrogen and oxygen atoms in total. The maximum Gasteiger partial charge on any atom is 0.322 e. The molecule has 1 amide bonds. The summed E-state index contributed by atoms with van der Waals surface area (Å²) in [4.78, 5) is 14.1. The van der Waals surface area contributed by atoms with Gasteiger partial charge in [0.25, 0.3) is 11.8 Å². The third kappa shape index (κ3) is 2.99. The average molecular weight is 314 g/mol. The van der Waals surface area contributed by atoms with E-state index in [1.807, 2.05) is 48.0 Å². The molecule has 0 saturated carbocycles. The minimum absolute atomic E-state index is 0.0860. The first kappa shape index (κ1) is 14.3. The van der Waals surface area contributed by atoms with E-state index in [-0.39, 0.29) is 11.9 Å². The molecule has 0 aliphatic rings. The minimum atomic E-state index is -0.286. The van der Waals surface area contributed by atoms with Gasteiger partial charge in [-0.1, -0.05) is 5.10 Å². The molecule has 0 atom stereocenters. The van der Waals surface area contributed by atoms with Crippen molar-refractivity contribution in [2.75, 3.05) is 24.3 Å². The molecule has 112 valence electrons. The van der Waals surface area contributed by atoms with E-state index in [2.05, 4.69) is 15.5 Å². The highest BCUT2D eigenvalue weighted by molar-refractivity contribution is 7.08. The summed E-state index contributed by atoms with van der Waals surface area (Å²) in [5, 5.41) is 14.2. The number of rotatable bonds is 4. The first-order valence-corrected chi connectivity index (χ1v) is 7.52. The molecule has 0 aliphatic heterocycles. The molecule has 2 aromatic heterocycles. The van der Waals surface area contributed by atoms with Crippen LogP contribution >= 0.6 is 11.3 Å². The van der Waals surface area contributed by atoms with Gasteiger partial charge in [-0.05, 0) is 35.7 Å². The average Bonchev–Trinajstić information content (AvgIpc) is 3.18. The molecule has 22 heavy (non-hydrogen) atoms. The van der Waals surface area contributed by atoms with E-state index in [0.29, 0.717) is 11.5 Å². The predicted octanol–water partition coefficient (Wildman–Crippen LogP) is 3.12. The number of nitrogens with one attached hydrogen (secondary N) is 1. The maximum absolute atomic E-state index is 12.1. The summed E-state index contributed by atoms with van der Waals surface area (Å²) in [5.41, 5.74) is 2.39. The van der Waals surface area contributed by atoms with Gasteiger partial charge in [-0.25, -0.2) is 0 Å². The van der Waals surface area contributed by atoms with E-state index in [1.165, 1.54) is 11.3 Å². The van der Waals surface area contributed by atoms with Crippen LogP contribution in [0.2, 0.25) is 0 Å². The first-order valence-electron chi connectivity index (χ1n) is 6.58. The van der Waals surface area contributed by atoms with Crippen molar-refractivity contribution in [1.82, 2.24) is 10.2 Å². The number of nitrogens with zero attached hydrogens (tertiary/aromatic N) is 3. The molecule has 0 bridgehead atoms. The summed E-state index contributed by atoms with van der Waals surface area (Å²) in [7, 11) is 3.89. The van der Waals surface area contributed by atoms with Crippen molar-refractivity contribution in [3.8, 4) is 11.5 Å². The highest BCUT2D eigenvalue weighted by Gasteiger charge is 2.13. The van der Waals surface area contributed by atoms with E-state index in [4.69, 9.17) is 4.42 Å². The van der Waals surface area contributed by atoms with E-state index in [0.717, 1.165) is 11.3 Å². The maximum atomic E-state index is 12.1. The summed E-state index contributed by atoms with van der Waals surface area (Å²) in [6, 6.07) is 9.22. The van der Waals surface area contributed by atoms with Gasteiger partial charge in [-0.15, -0.1) is 5.10 Å². The lowest BCUT2D eigenvalue weighted by Crippen LogP contribution is -2.13. The normalized spacial score (nSPS) is 10.5. The van der Waals surface area contributed by atoms with Crippen molar-refractivity contribution < 1.29 is 9.21 Å². The van der Waals surface area contributed by atoms with Gasteiger partial charge in [-0.2, -0.15) is 11.3 Å². The summed E-state index contributed by atoms with van der Waals surface area (Å²) in [6.45, 7) is 0. The molecule has 2 heterocycles. The number of hydrogen-bond donors (Lipinski definition) is 1. The Morgan fingerprint density at radius 3 is 2.59 bits per heavy atom. The fourth-order valence-corrected chi connectivity index (χ4v) is 2.49. The monoisotopic (exact) mass is 314 g/mol. The zero-order chi connectivity index (χ0) is 15.5. The molecule has 1 aromatic carbocycles. The summed E-state index contributed by atoms with van der Waals surface area (Å²) < 4.78 is 5.43. The van der Waals surface area contributed by atoms with Crippen LogP contribution in [0.4, 0.5) is 11.7 Å². The lowest BCUT2D eigenvalue weighted by atomic mass is 10.2. The molecule has 0 unspecified atom stereocenters. The lowest BCUT2D eigenvalue weighted by molar-refractivity contribution is 0.102. The Bertz CT molecular complexity index is 763. The zero-order valence-electron chi connectivity index (χ0n) is 12.1. The van der Waals surface area contributed by atoms with Crippen molar-refractivity contribution in [2.45, 2.75) is 0 Å². The van der Waals surface area contributed by atoms with Crippen LogP contribution in [0.5, 0.6) is 0 Å². The topological polar surface area (TPSA) is 71.3 Å². The molecule has 0 saturated heterocycles. The van der Waals surface area contributed by atoms with Crippen LogP contribution < -0.4 is 10.2 Å². The van der Waals surface area contributed by atoms with Gasteiger partial charge in [0, 0.05) is 36.3 Å². The Morgan fingerprint density at radius 1 is 1.18 bits per heavy atom. The van der Waals surface area contributed by atoms with Crippen LogP contribution in [0.3, 0.4) is 0 Å². The van der Waals surface area contributed by atoms with Crippen molar-refractivity contribution in [3.05, 3.63) is 46.7 Å². The van der Waals surface area contributed by atoms with Gasteiger partial charge in [-0.3, -0.25) is 10.1 Å². The van der Waals surface area contributed by atoms with Gasteiger partial charge in [0.05, 0.1) is 0 Å². The second kappa shape index (κ2) is 5.98. The van der Waals surface area contributed by atoms with Crippen LogP contribution in [0.25, 0.3) is 11.5 Å². The lowest BCUT2D eigenvalue weighted by Gasteiger charge is -2.12. The molecule has 0 spiro atoms. The fraction of sp³-hybridized carbons (Fsp3) is 0.133. The number of carbonyl (C=O) groups is 1. The van der Waals surface area contributed by atoms with Gasteiger partial charge in [0.2, 0.25) is 0 Å². The number of hydrogen-bond acceptors (Lipinski definition) is 6. The van der Waals surface area contributed by atoms with Crippen LogP contribution in [0.1, 0.15) is 10.4 Å². The second-order valence-electron chi connectivity index (χ2n) is 4.82. The SMILES string of the molecule is CN(C)c1ccc(C(=O)Nc2nnc(-c3ccsc3)o2)cc1. The van der Waals surface area contributed by atoms with Gasteiger partial charge >= 0.3 is 6.01 Å². The second-order valence-corrected chi connectivity index (χ2v) is 5.60. The van der Waals surface area contributed by atoms with E-state index in [1.54, 1.807) is 12.1 Å². The molecule has 0 aliphatic carbocycles. The predicted molar refractivity (Wildman–Crippen MR) is 86.3 cm³/mol. The van der Waals surface area contributed by atoms with Crippen molar-refractivity contribution in [3.63, 3.8) is 0 Å². The van der Waals surface area contributed by atoms with Crippen LogP contribution in [-0.4, -0.2) is 30.2 Å². The first-order chi connectivity index (χ1) is 10.6. The number of anilines is 2. The minimum Gasteiger partial charge on any atom is -0.403 e. The van der Waals surface area contributed by atoms with E-state index < -0.39 is 0 Å². The quantitative estimate of drug-likeness (QED) is 0.801. The highest BCUT2D eigenvalue weighted by Crippen LogP contribution is 2.22. The van der Waals surface area contributed by atoms with Gasteiger partial charge in [0.15, 0.2) is 0 Å². The number of carbonyl (C=O) groups excluding carboxylic acids is 1. The smallest absolute Gasteiger partial charge is 0.322 e.